The molecule has 0 saturated carbocycles. The molecule has 2 aromatic carbocycles. The Bertz CT molecular complexity index is 774. The number of benzene rings is 2. The summed E-state index contributed by atoms with van der Waals surface area (Å²) in [6, 6.07) is 15.9. The van der Waals surface area contributed by atoms with Crippen molar-refractivity contribution in [3.8, 4) is 5.75 Å². The number of methoxy groups -OCH3 is 1. The molecule has 2 aromatic rings. The molecule has 6 heteroatoms. The van der Waals surface area contributed by atoms with Crippen LogP contribution in [0, 0.1) is 5.41 Å². The maximum absolute atomic E-state index is 12.4. The van der Waals surface area contributed by atoms with E-state index in [1.165, 1.54) is 0 Å². The Hall–Kier alpha value is -2.57. The van der Waals surface area contributed by atoms with Gasteiger partial charge in [0, 0.05) is 6.04 Å². The van der Waals surface area contributed by atoms with Crippen molar-refractivity contribution in [2.24, 2.45) is 11.1 Å². The predicted octanol–water partition coefficient (Wildman–Crippen LogP) is 3.27. The number of hydrogen-bond donors (Lipinski definition) is 3. The minimum Gasteiger partial charge on any atom is -0.497 e. The van der Waals surface area contributed by atoms with Gasteiger partial charge in [-0.25, -0.2) is 4.79 Å². The Labute approximate surface area is 173 Å². The molecule has 0 aromatic heterocycles. The summed E-state index contributed by atoms with van der Waals surface area (Å²) in [5.41, 5.74) is 7.70. The molecule has 4 N–H and O–H groups in total. The Morgan fingerprint density at radius 1 is 1.10 bits per heavy atom. The monoisotopic (exact) mass is 400 g/mol. The van der Waals surface area contributed by atoms with Crippen molar-refractivity contribution < 1.29 is 19.4 Å². The molecule has 2 rings (SSSR count). The van der Waals surface area contributed by atoms with Crippen LogP contribution in [0.2, 0.25) is 0 Å². The second-order valence-electron chi connectivity index (χ2n) is 8.26. The third-order valence-electron chi connectivity index (χ3n) is 4.80. The van der Waals surface area contributed by atoms with E-state index in [2.05, 4.69) is 5.32 Å². The summed E-state index contributed by atoms with van der Waals surface area (Å²) < 4.78 is 10.5. The smallest absolute Gasteiger partial charge is 0.407 e. The molecule has 0 aliphatic heterocycles. The van der Waals surface area contributed by atoms with Gasteiger partial charge < -0.3 is 25.6 Å². The SMILES string of the molecule is COc1cccc(COC(=O)NC([C@H](O)[C@@H](N)Cc2ccccc2)C(C)(C)C)c1. The van der Waals surface area contributed by atoms with E-state index in [1.807, 2.05) is 69.3 Å². The Balaban J connectivity index is 1.98. The molecule has 0 aliphatic rings. The Kier molecular flexibility index (Phi) is 8.05. The number of aliphatic hydroxyl groups excluding tert-OH is 1. The maximum atomic E-state index is 12.4. The van der Waals surface area contributed by atoms with Crippen LogP contribution in [0.15, 0.2) is 54.6 Å². The summed E-state index contributed by atoms with van der Waals surface area (Å²) in [5, 5.41) is 13.7. The Morgan fingerprint density at radius 3 is 2.38 bits per heavy atom. The number of nitrogens with one attached hydrogen (secondary N) is 1. The topological polar surface area (TPSA) is 93.8 Å². The molecule has 1 amide bonds. The van der Waals surface area contributed by atoms with Gasteiger partial charge in [0.05, 0.1) is 19.3 Å². The second kappa shape index (κ2) is 10.3. The van der Waals surface area contributed by atoms with Gasteiger partial charge in [-0.2, -0.15) is 0 Å². The molecule has 0 spiro atoms. The van der Waals surface area contributed by atoms with Crippen LogP contribution < -0.4 is 15.8 Å². The van der Waals surface area contributed by atoms with Gasteiger partial charge in [0.2, 0.25) is 0 Å². The molecule has 0 heterocycles. The summed E-state index contributed by atoms with van der Waals surface area (Å²) in [7, 11) is 1.58. The fourth-order valence-corrected chi connectivity index (χ4v) is 3.15. The normalized spacial score (nSPS) is 14.6. The fourth-order valence-electron chi connectivity index (χ4n) is 3.15. The van der Waals surface area contributed by atoms with Crippen LogP contribution in [0.25, 0.3) is 0 Å². The van der Waals surface area contributed by atoms with E-state index >= 15 is 0 Å². The van der Waals surface area contributed by atoms with Crippen molar-refractivity contribution in [1.29, 1.82) is 0 Å². The molecular weight excluding hydrogens is 368 g/mol. The summed E-state index contributed by atoms with van der Waals surface area (Å²) in [5.74, 6) is 0.696. The largest absolute Gasteiger partial charge is 0.497 e. The number of ether oxygens (including phenoxy) is 2. The van der Waals surface area contributed by atoms with Gasteiger partial charge >= 0.3 is 6.09 Å². The molecule has 0 bridgehead atoms. The molecule has 0 fully saturated rings. The highest BCUT2D eigenvalue weighted by Crippen LogP contribution is 2.24. The van der Waals surface area contributed by atoms with Crippen molar-refractivity contribution in [1.82, 2.24) is 5.32 Å². The lowest BCUT2D eigenvalue weighted by molar-refractivity contribution is 0.0444. The van der Waals surface area contributed by atoms with E-state index in [-0.39, 0.29) is 6.61 Å². The lowest BCUT2D eigenvalue weighted by Gasteiger charge is -2.37. The van der Waals surface area contributed by atoms with E-state index in [1.54, 1.807) is 13.2 Å². The average Bonchev–Trinajstić information content (AvgIpc) is 2.70. The molecule has 29 heavy (non-hydrogen) atoms. The number of hydrogen-bond acceptors (Lipinski definition) is 5. The van der Waals surface area contributed by atoms with Gasteiger partial charge in [0.1, 0.15) is 12.4 Å². The summed E-state index contributed by atoms with van der Waals surface area (Å²) in [6.45, 7) is 5.93. The summed E-state index contributed by atoms with van der Waals surface area (Å²) in [6.07, 6.45) is -1.02. The minimum atomic E-state index is -0.931. The molecule has 0 aliphatic carbocycles. The molecule has 3 atom stereocenters. The van der Waals surface area contributed by atoms with Crippen molar-refractivity contribution in [2.75, 3.05) is 7.11 Å². The average molecular weight is 401 g/mol. The first-order valence-electron chi connectivity index (χ1n) is 9.74. The zero-order valence-corrected chi connectivity index (χ0v) is 17.6. The van der Waals surface area contributed by atoms with Gasteiger partial charge in [-0.1, -0.05) is 63.2 Å². The lowest BCUT2D eigenvalue weighted by atomic mass is 9.80. The molecular formula is C23H32N2O4. The highest BCUT2D eigenvalue weighted by molar-refractivity contribution is 5.67. The summed E-state index contributed by atoms with van der Waals surface area (Å²) in [4.78, 5) is 12.4. The van der Waals surface area contributed by atoms with Crippen LogP contribution in [0.5, 0.6) is 5.75 Å². The first kappa shape index (κ1) is 22.7. The summed E-state index contributed by atoms with van der Waals surface area (Å²) >= 11 is 0. The highest BCUT2D eigenvalue weighted by atomic mass is 16.5. The van der Waals surface area contributed by atoms with Crippen molar-refractivity contribution >= 4 is 6.09 Å². The van der Waals surface area contributed by atoms with Gasteiger partial charge in [-0.3, -0.25) is 0 Å². The van der Waals surface area contributed by atoms with E-state index in [0.29, 0.717) is 12.2 Å². The number of aliphatic hydroxyl groups is 1. The third kappa shape index (κ3) is 7.07. The number of alkyl carbamates (subject to hydrolysis) is 1. The van der Waals surface area contributed by atoms with Gasteiger partial charge in [-0.15, -0.1) is 0 Å². The number of nitrogens with two attached hydrogens (primary N) is 1. The Morgan fingerprint density at radius 2 is 1.76 bits per heavy atom. The van der Waals surface area contributed by atoms with Crippen molar-refractivity contribution in [2.45, 2.75) is 52.0 Å². The zero-order chi connectivity index (χ0) is 21.4. The van der Waals surface area contributed by atoms with E-state index in [4.69, 9.17) is 15.2 Å². The van der Waals surface area contributed by atoms with Crippen LogP contribution >= 0.6 is 0 Å². The lowest BCUT2D eigenvalue weighted by Crippen LogP contribution is -2.57. The van der Waals surface area contributed by atoms with Crippen molar-refractivity contribution in [3.05, 3.63) is 65.7 Å². The standard InChI is InChI=1S/C23H32N2O4/c1-23(2,3)21(20(26)19(24)14-16-9-6-5-7-10-16)25-22(27)29-15-17-11-8-12-18(13-17)28-4/h5-13,19-21,26H,14-15,24H2,1-4H3,(H,25,27)/t19-,20+,21?/m0/s1. The zero-order valence-electron chi connectivity index (χ0n) is 17.6. The molecule has 158 valence electrons. The van der Waals surface area contributed by atoms with Gasteiger partial charge in [0.15, 0.2) is 0 Å². The molecule has 0 saturated heterocycles. The second-order valence-corrected chi connectivity index (χ2v) is 8.26. The van der Waals surface area contributed by atoms with Crippen LogP contribution in [0.3, 0.4) is 0 Å². The molecule has 1 unspecified atom stereocenters. The van der Waals surface area contributed by atoms with Crippen molar-refractivity contribution in [3.63, 3.8) is 0 Å². The number of carbonyl (C=O) groups excluding carboxylic acids is 1. The van der Waals surface area contributed by atoms with E-state index in [0.717, 1.165) is 11.1 Å². The highest BCUT2D eigenvalue weighted by Gasteiger charge is 2.36. The van der Waals surface area contributed by atoms with Crippen LogP contribution in [0.4, 0.5) is 4.79 Å². The molecule has 6 nitrogen and oxygen atoms in total. The van der Waals surface area contributed by atoms with Gasteiger partial charge in [0.25, 0.3) is 0 Å². The van der Waals surface area contributed by atoms with Gasteiger partial charge in [-0.05, 0) is 35.1 Å². The van der Waals surface area contributed by atoms with Crippen LogP contribution in [0.1, 0.15) is 31.9 Å². The number of amides is 1. The number of rotatable bonds is 8. The molecule has 0 radical (unpaired) electrons. The van der Waals surface area contributed by atoms with Crippen LogP contribution in [-0.2, 0) is 17.8 Å². The predicted molar refractivity (Wildman–Crippen MR) is 114 cm³/mol. The fraction of sp³-hybridized carbons (Fsp3) is 0.435. The first-order valence-corrected chi connectivity index (χ1v) is 9.74. The maximum Gasteiger partial charge on any atom is 0.407 e. The quantitative estimate of drug-likeness (QED) is 0.632. The van der Waals surface area contributed by atoms with Crippen LogP contribution in [-0.4, -0.2) is 36.5 Å². The number of carbonyl (C=O) groups is 1. The first-order chi connectivity index (χ1) is 13.7. The van der Waals surface area contributed by atoms with E-state index in [9.17, 15) is 9.90 Å². The van der Waals surface area contributed by atoms with E-state index < -0.39 is 29.7 Å². The minimum absolute atomic E-state index is 0.103. The third-order valence-corrected chi connectivity index (χ3v) is 4.80.